The standard InChI is InChI=1S/C25H32N4O3/c1-6-7-14-28(24(31)20-9-8-15-32-20)17-23(30)26-22-16-21(25(3,4)5)27-29(22)19-12-10-18(2)11-13-19/h8-13,15-16H,6-7,14,17H2,1-5H3,(H,26,30). The molecule has 2 heterocycles. The van der Waals surface area contributed by atoms with Crippen LogP contribution < -0.4 is 5.32 Å². The zero-order valence-corrected chi connectivity index (χ0v) is 19.5. The van der Waals surface area contributed by atoms with Gasteiger partial charge in [-0.2, -0.15) is 5.10 Å². The van der Waals surface area contributed by atoms with E-state index in [4.69, 9.17) is 9.52 Å². The number of aromatic nitrogens is 2. The molecule has 2 aromatic heterocycles. The first-order valence-corrected chi connectivity index (χ1v) is 11.0. The van der Waals surface area contributed by atoms with Gasteiger partial charge in [-0.25, -0.2) is 4.68 Å². The zero-order chi connectivity index (χ0) is 23.3. The monoisotopic (exact) mass is 436 g/mol. The van der Waals surface area contributed by atoms with Gasteiger partial charge in [-0.3, -0.25) is 9.59 Å². The summed E-state index contributed by atoms with van der Waals surface area (Å²) >= 11 is 0. The lowest BCUT2D eigenvalue weighted by Crippen LogP contribution is -2.38. The molecule has 0 radical (unpaired) electrons. The fraction of sp³-hybridized carbons (Fsp3) is 0.400. The molecular weight excluding hydrogens is 404 g/mol. The van der Waals surface area contributed by atoms with Crippen LogP contribution in [-0.4, -0.2) is 39.6 Å². The lowest BCUT2D eigenvalue weighted by Gasteiger charge is -2.21. The number of hydrogen-bond donors (Lipinski definition) is 1. The van der Waals surface area contributed by atoms with Gasteiger partial charge in [0, 0.05) is 18.0 Å². The van der Waals surface area contributed by atoms with Crippen LogP contribution in [0, 0.1) is 6.92 Å². The predicted octanol–water partition coefficient (Wildman–Crippen LogP) is 4.95. The highest BCUT2D eigenvalue weighted by atomic mass is 16.3. The molecule has 7 heteroatoms. The van der Waals surface area contributed by atoms with Gasteiger partial charge in [0.1, 0.15) is 12.4 Å². The first-order valence-electron chi connectivity index (χ1n) is 11.0. The third-order valence-corrected chi connectivity index (χ3v) is 5.16. The Morgan fingerprint density at radius 2 is 1.88 bits per heavy atom. The summed E-state index contributed by atoms with van der Waals surface area (Å²) in [7, 11) is 0. The third kappa shape index (κ3) is 5.66. The highest BCUT2D eigenvalue weighted by Crippen LogP contribution is 2.26. The molecule has 2 amide bonds. The van der Waals surface area contributed by atoms with Crippen LogP contribution in [0.5, 0.6) is 0 Å². The van der Waals surface area contributed by atoms with Crippen molar-refractivity contribution in [1.82, 2.24) is 14.7 Å². The summed E-state index contributed by atoms with van der Waals surface area (Å²) in [6, 6.07) is 13.1. The highest BCUT2D eigenvalue weighted by molar-refractivity contribution is 5.97. The first-order chi connectivity index (χ1) is 15.2. The molecule has 0 unspecified atom stereocenters. The molecule has 0 saturated heterocycles. The number of benzene rings is 1. The zero-order valence-electron chi connectivity index (χ0n) is 19.5. The quantitative estimate of drug-likeness (QED) is 0.542. The van der Waals surface area contributed by atoms with Crippen molar-refractivity contribution in [2.24, 2.45) is 0 Å². The van der Waals surface area contributed by atoms with E-state index in [-0.39, 0.29) is 29.5 Å². The minimum absolute atomic E-state index is 0.0660. The van der Waals surface area contributed by atoms with Crippen molar-refractivity contribution in [3.05, 3.63) is 65.7 Å². The molecule has 3 rings (SSSR count). The van der Waals surface area contributed by atoms with Crippen molar-refractivity contribution in [1.29, 1.82) is 0 Å². The van der Waals surface area contributed by atoms with E-state index in [1.807, 2.05) is 44.2 Å². The van der Waals surface area contributed by atoms with Crippen molar-refractivity contribution in [2.45, 2.75) is 52.9 Å². The highest BCUT2D eigenvalue weighted by Gasteiger charge is 2.24. The maximum absolute atomic E-state index is 13.0. The van der Waals surface area contributed by atoms with Gasteiger partial charge < -0.3 is 14.6 Å². The number of anilines is 1. The van der Waals surface area contributed by atoms with E-state index in [0.717, 1.165) is 29.8 Å². The second kappa shape index (κ2) is 9.85. The SMILES string of the molecule is CCCCN(CC(=O)Nc1cc(C(C)(C)C)nn1-c1ccc(C)cc1)C(=O)c1ccco1. The maximum atomic E-state index is 13.0. The molecule has 170 valence electrons. The van der Waals surface area contributed by atoms with E-state index in [1.165, 1.54) is 11.2 Å². The van der Waals surface area contributed by atoms with Crippen LogP contribution >= 0.6 is 0 Å². The Labute approximate surface area is 189 Å². The second-order valence-electron chi connectivity index (χ2n) is 9.02. The fourth-order valence-corrected chi connectivity index (χ4v) is 3.23. The Morgan fingerprint density at radius 3 is 2.47 bits per heavy atom. The number of rotatable bonds is 8. The van der Waals surface area contributed by atoms with Gasteiger partial charge in [0.15, 0.2) is 5.76 Å². The molecule has 32 heavy (non-hydrogen) atoms. The van der Waals surface area contributed by atoms with Crippen LogP contribution in [0.25, 0.3) is 5.69 Å². The number of furan rings is 1. The van der Waals surface area contributed by atoms with Crippen LogP contribution in [0.4, 0.5) is 5.82 Å². The molecule has 0 atom stereocenters. The molecule has 3 aromatic rings. The third-order valence-electron chi connectivity index (χ3n) is 5.16. The Hall–Kier alpha value is -3.35. The van der Waals surface area contributed by atoms with Crippen molar-refractivity contribution in [3.8, 4) is 5.69 Å². The van der Waals surface area contributed by atoms with Crippen LogP contribution in [0.3, 0.4) is 0 Å². The summed E-state index contributed by atoms with van der Waals surface area (Å²) in [6.07, 6.45) is 3.17. The molecular formula is C25H32N4O3. The van der Waals surface area contributed by atoms with Crippen LogP contribution in [0.2, 0.25) is 0 Å². The van der Waals surface area contributed by atoms with Gasteiger partial charge in [0.2, 0.25) is 5.91 Å². The lowest BCUT2D eigenvalue weighted by molar-refractivity contribution is -0.117. The van der Waals surface area contributed by atoms with Gasteiger partial charge in [-0.05, 0) is 37.6 Å². The van der Waals surface area contributed by atoms with E-state index < -0.39 is 0 Å². The van der Waals surface area contributed by atoms with Crippen LogP contribution in [0.15, 0.2) is 53.1 Å². The molecule has 0 fully saturated rings. The van der Waals surface area contributed by atoms with E-state index in [0.29, 0.717) is 12.4 Å². The molecule has 1 N–H and O–H groups in total. The normalized spacial score (nSPS) is 11.4. The molecule has 0 aliphatic carbocycles. The summed E-state index contributed by atoms with van der Waals surface area (Å²) in [5.41, 5.74) is 2.68. The number of carbonyl (C=O) groups is 2. The average Bonchev–Trinajstić information content (AvgIpc) is 3.41. The molecule has 7 nitrogen and oxygen atoms in total. The minimum atomic E-state index is -0.291. The van der Waals surface area contributed by atoms with Crippen molar-refractivity contribution in [3.63, 3.8) is 0 Å². The minimum Gasteiger partial charge on any atom is -0.459 e. The number of amides is 2. The Kier molecular flexibility index (Phi) is 7.18. The van der Waals surface area contributed by atoms with Gasteiger partial charge in [0.25, 0.3) is 5.91 Å². The lowest BCUT2D eigenvalue weighted by atomic mass is 9.92. The molecule has 0 aliphatic rings. The summed E-state index contributed by atoms with van der Waals surface area (Å²) in [4.78, 5) is 27.3. The van der Waals surface area contributed by atoms with Gasteiger partial charge >= 0.3 is 0 Å². The van der Waals surface area contributed by atoms with E-state index in [9.17, 15) is 9.59 Å². The maximum Gasteiger partial charge on any atom is 0.290 e. The Morgan fingerprint density at radius 1 is 1.16 bits per heavy atom. The van der Waals surface area contributed by atoms with Gasteiger partial charge in [0.05, 0.1) is 17.6 Å². The topological polar surface area (TPSA) is 80.4 Å². The summed E-state index contributed by atoms with van der Waals surface area (Å²) in [5, 5.41) is 7.71. The van der Waals surface area contributed by atoms with Crippen molar-refractivity contribution >= 4 is 17.6 Å². The largest absolute Gasteiger partial charge is 0.459 e. The molecule has 0 spiro atoms. The Balaban J connectivity index is 1.84. The van der Waals surface area contributed by atoms with Crippen molar-refractivity contribution in [2.75, 3.05) is 18.4 Å². The van der Waals surface area contributed by atoms with Gasteiger partial charge in [-0.15, -0.1) is 0 Å². The molecule has 1 aromatic carbocycles. The molecule has 0 saturated carbocycles. The number of nitrogens with one attached hydrogen (secondary N) is 1. The van der Waals surface area contributed by atoms with Gasteiger partial charge in [-0.1, -0.05) is 51.8 Å². The number of nitrogens with zero attached hydrogens (tertiary/aromatic N) is 3. The average molecular weight is 437 g/mol. The van der Waals surface area contributed by atoms with E-state index in [2.05, 4.69) is 26.1 Å². The fourth-order valence-electron chi connectivity index (χ4n) is 3.23. The van der Waals surface area contributed by atoms with E-state index in [1.54, 1.807) is 16.8 Å². The summed E-state index contributed by atoms with van der Waals surface area (Å²) in [5.74, 6) is 0.231. The Bertz CT molecular complexity index is 1040. The van der Waals surface area contributed by atoms with E-state index >= 15 is 0 Å². The molecule has 0 bridgehead atoms. The smallest absolute Gasteiger partial charge is 0.290 e. The first kappa shape index (κ1) is 23.3. The number of carbonyl (C=O) groups excluding carboxylic acids is 2. The second-order valence-corrected chi connectivity index (χ2v) is 9.02. The predicted molar refractivity (Wildman–Crippen MR) is 125 cm³/mol. The number of hydrogen-bond acceptors (Lipinski definition) is 4. The summed E-state index contributed by atoms with van der Waals surface area (Å²) in [6.45, 7) is 10.7. The number of aryl methyl sites for hydroxylation is 1. The summed E-state index contributed by atoms with van der Waals surface area (Å²) < 4.78 is 6.99. The van der Waals surface area contributed by atoms with Crippen molar-refractivity contribution < 1.29 is 14.0 Å². The molecule has 0 aliphatic heterocycles. The van der Waals surface area contributed by atoms with Crippen LogP contribution in [-0.2, 0) is 10.2 Å². The number of unbranched alkanes of at least 4 members (excludes halogenated alkanes) is 1. The van der Waals surface area contributed by atoms with Crippen LogP contribution in [0.1, 0.15) is 62.3 Å².